The number of nitrogens with one attached hydrogen (secondary N) is 1. The van der Waals surface area contributed by atoms with E-state index in [0.29, 0.717) is 6.61 Å². The molecule has 0 aliphatic carbocycles. The molecule has 1 aliphatic rings. The Labute approximate surface area is 142 Å². The molecule has 2 heterocycles. The Morgan fingerprint density at radius 2 is 2.08 bits per heavy atom. The number of hydrogen-bond donors (Lipinski definition) is 1. The van der Waals surface area contributed by atoms with E-state index in [0.717, 1.165) is 41.5 Å². The Hall–Kier alpha value is -2.14. The van der Waals surface area contributed by atoms with E-state index in [-0.39, 0.29) is 18.3 Å². The van der Waals surface area contributed by atoms with Crippen molar-refractivity contribution in [3.8, 4) is 0 Å². The molecule has 2 aromatic rings. The molecule has 1 aromatic heterocycles. The summed E-state index contributed by atoms with van der Waals surface area (Å²) < 4.78 is 5.23. The summed E-state index contributed by atoms with van der Waals surface area (Å²) >= 11 is 0. The number of likely N-dealkylation sites (tertiary alicyclic amines) is 1. The highest BCUT2D eigenvalue weighted by Gasteiger charge is 2.45. The summed E-state index contributed by atoms with van der Waals surface area (Å²) in [7, 11) is 0. The number of hydrogen-bond acceptors (Lipinski definition) is 4. The zero-order chi connectivity index (χ0) is 17.3. The van der Waals surface area contributed by atoms with Gasteiger partial charge in [-0.15, -0.1) is 0 Å². The molecule has 1 aromatic carbocycles. The van der Waals surface area contributed by atoms with Crippen LogP contribution in [0.4, 0.5) is 0 Å². The van der Waals surface area contributed by atoms with Gasteiger partial charge in [0.2, 0.25) is 0 Å². The molecule has 1 unspecified atom stereocenters. The molecule has 1 aliphatic heterocycles. The maximum atomic E-state index is 13.0. The van der Waals surface area contributed by atoms with Gasteiger partial charge in [0.15, 0.2) is 5.78 Å². The summed E-state index contributed by atoms with van der Waals surface area (Å²) in [6, 6.07) is 7.81. The largest absolute Gasteiger partial charge is 0.465 e. The van der Waals surface area contributed by atoms with Crippen molar-refractivity contribution in [3.05, 3.63) is 35.5 Å². The Morgan fingerprint density at radius 3 is 2.83 bits per heavy atom. The molecule has 0 radical (unpaired) electrons. The van der Waals surface area contributed by atoms with Crippen LogP contribution in [0.5, 0.6) is 0 Å². The maximum absolute atomic E-state index is 13.0. The Morgan fingerprint density at radius 1 is 1.33 bits per heavy atom. The van der Waals surface area contributed by atoms with Gasteiger partial charge in [0.1, 0.15) is 5.54 Å². The van der Waals surface area contributed by atoms with E-state index in [9.17, 15) is 9.59 Å². The number of H-pyrrole nitrogens is 1. The van der Waals surface area contributed by atoms with Crippen molar-refractivity contribution in [1.82, 2.24) is 9.88 Å². The van der Waals surface area contributed by atoms with Crippen molar-refractivity contribution in [2.45, 2.75) is 39.2 Å². The molecule has 0 amide bonds. The summed E-state index contributed by atoms with van der Waals surface area (Å²) in [6.45, 7) is 6.94. The molecule has 5 nitrogen and oxygen atoms in total. The van der Waals surface area contributed by atoms with Gasteiger partial charge in [-0.3, -0.25) is 14.5 Å². The van der Waals surface area contributed by atoms with Gasteiger partial charge in [0.25, 0.3) is 0 Å². The first-order valence-electron chi connectivity index (χ1n) is 8.50. The molecule has 0 bridgehead atoms. The SMILES string of the molecule is CCOC(=O)C1(C)CCCN1CC(=O)c1c(C)[nH]c2ccccc12. The third kappa shape index (κ3) is 2.73. The van der Waals surface area contributed by atoms with Crippen molar-refractivity contribution in [1.29, 1.82) is 0 Å². The first-order valence-corrected chi connectivity index (χ1v) is 8.50. The fourth-order valence-electron chi connectivity index (χ4n) is 3.68. The number of rotatable bonds is 5. The molecule has 128 valence electrons. The van der Waals surface area contributed by atoms with Gasteiger partial charge in [0.05, 0.1) is 13.2 Å². The average Bonchev–Trinajstić information content (AvgIpc) is 3.08. The predicted molar refractivity (Wildman–Crippen MR) is 93.2 cm³/mol. The van der Waals surface area contributed by atoms with E-state index in [1.54, 1.807) is 6.92 Å². The van der Waals surface area contributed by atoms with E-state index in [2.05, 4.69) is 4.98 Å². The fraction of sp³-hybridized carbons (Fsp3) is 0.474. The second-order valence-corrected chi connectivity index (χ2v) is 6.61. The molecule has 0 spiro atoms. The molecule has 1 N–H and O–H groups in total. The van der Waals surface area contributed by atoms with Gasteiger partial charge in [0, 0.05) is 22.2 Å². The van der Waals surface area contributed by atoms with Gasteiger partial charge >= 0.3 is 5.97 Å². The lowest BCUT2D eigenvalue weighted by Gasteiger charge is -2.32. The number of ether oxygens (including phenoxy) is 1. The molecular weight excluding hydrogens is 304 g/mol. The number of carbonyl (C=O) groups excluding carboxylic acids is 2. The summed E-state index contributed by atoms with van der Waals surface area (Å²) in [4.78, 5) is 30.5. The van der Waals surface area contributed by atoms with Crippen LogP contribution in [0.3, 0.4) is 0 Å². The number of Topliss-reactive ketones (excluding diaryl/α,β-unsaturated/α-hetero) is 1. The van der Waals surface area contributed by atoms with Crippen LogP contribution >= 0.6 is 0 Å². The number of esters is 1. The highest BCUT2D eigenvalue weighted by molar-refractivity contribution is 6.10. The van der Waals surface area contributed by atoms with Crippen LogP contribution in [0.1, 0.15) is 42.7 Å². The topological polar surface area (TPSA) is 62.4 Å². The number of aromatic nitrogens is 1. The third-order valence-corrected chi connectivity index (χ3v) is 5.01. The molecule has 3 rings (SSSR count). The Bertz CT molecular complexity index is 780. The van der Waals surface area contributed by atoms with Gasteiger partial charge < -0.3 is 9.72 Å². The number of ketones is 1. The number of aryl methyl sites for hydroxylation is 1. The first-order chi connectivity index (χ1) is 11.5. The molecule has 1 saturated heterocycles. The van der Waals surface area contributed by atoms with Crippen LogP contribution < -0.4 is 0 Å². The molecular formula is C19H24N2O3. The van der Waals surface area contributed by atoms with Gasteiger partial charge in [-0.2, -0.15) is 0 Å². The van der Waals surface area contributed by atoms with Crippen molar-refractivity contribution in [3.63, 3.8) is 0 Å². The quantitative estimate of drug-likeness (QED) is 0.677. The minimum atomic E-state index is -0.703. The van der Waals surface area contributed by atoms with Crippen LogP contribution in [-0.4, -0.2) is 46.9 Å². The monoisotopic (exact) mass is 328 g/mol. The summed E-state index contributed by atoms with van der Waals surface area (Å²) in [5, 5.41) is 0.942. The number of fused-ring (bicyclic) bond motifs is 1. The van der Waals surface area contributed by atoms with Crippen LogP contribution in [-0.2, 0) is 9.53 Å². The Balaban J connectivity index is 1.86. The fourth-order valence-corrected chi connectivity index (χ4v) is 3.68. The molecule has 0 saturated carbocycles. The number of nitrogens with zero attached hydrogens (tertiary/aromatic N) is 1. The third-order valence-electron chi connectivity index (χ3n) is 5.01. The van der Waals surface area contributed by atoms with Crippen LogP contribution in [0.25, 0.3) is 10.9 Å². The second-order valence-electron chi connectivity index (χ2n) is 6.61. The second kappa shape index (κ2) is 6.40. The van der Waals surface area contributed by atoms with Crippen molar-refractivity contribution < 1.29 is 14.3 Å². The smallest absolute Gasteiger partial charge is 0.326 e. The Kier molecular flexibility index (Phi) is 4.45. The standard InChI is InChI=1S/C19H24N2O3/c1-4-24-18(23)19(3)10-7-11-21(19)12-16(22)17-13(2)20-15-9-6-5-8-14(15)17/h5-6,8-9,20H,4,7,10-12H2,1-3H3. The minimum absolute atomic E-state index is 0.0439. The number of benzene rings is 1. The summed E-state index contributed by atoms with van der Waals surface area (Å²) in [6.07, 6.45) is 1.63. The lowest BCUT2D eigenvalue weighted by molar-refractivity contribution is -0.154. The zero-order valence-corrected chi connectivity index (χ0v) is 14.5. The van der Waals surface area contributed by atoms with Crippen molar-refractivity contribution in [2.24, 2.45) is 0 Å². The number of aromatic amines is 1. The van der Waals surface area contributed by atoms with E-state index < -0.39 is 5.54 Å². The summed E-state index contributed by atoms with van der Waals surface area (Å²) in [5.74, 6) is -0.187. The predicted octanol–water partition coefficient (Wildman–Crippen LogP) is 3.08. The molecule has 1 fully saturated rings. The van der Waals surface area contributed by atoms with Crippen LogP contribution in [0.2, 0.25) is 0 Å². The van der Waals surface area contributed by atoms with Gasteiger partial charge in [-0.05, 0) is 46.2 Å². The lowest BCUT2D eigenvalue weighted by Crippen LogP contribution is -2.50. The van der Waals surface area contributed by atoms with Crippen LogP contribution in [0, 0.1) is 6.92 Å². The van der Waals surface area contributed by atoms with Gasteiger partial charge in [-0.1, -0.05) is 18.2 Å². The zero-order valence-electron chi connectivity index (χ0n) is 14.5. The van der Waals surface area contributed by atoms with E-state index in [4.69, 9.17) is 4.74 Å². The minimum Gasteiger partial charge on any atom is -0.465 e. The van der Waals surface area contributed by atoms with Crippen molar-refractivity contribution in [2.75, 3.05) is 19.7 Å². The highest BCUT2D eigenvalue weighted by atomic mass is 16.5. The van der Waals surface area contributed by atoms with E-state index in [1.165, 1.54) is 0 Å². The van der Waals surface area contributed by atoms with E-state index >= 15 is 0 Å². The van der Waals surface area contributed by atoms with Gasteiger partial charge in [-0.25, -0.2) is 0 Å². The van der Waals surface area contributed by atoms with Crippen molar-refractivity contribution >= 4 is 22.7 Å². The normalized spacial score (nSPS) is 21.3. The van der Waals surface area contributed by atoms with Crippen LogP contribution in [0.15, 0.2) is 24.3 Å². The number of para-hydroxylation sites is 1. The summed E-state index contributed by atoms with van der Waals surface area (Å²) in [5.41, 5.74) is 1.86. The molecule has 5 heteroatoms. The number of carbonyl (C=O) groups is 2. The lowest BCUT2D eigenvalue weighted by atomic mass is 9.98. The molecule has 1 atom stereocenters. The first kappa shape index (κ1) is 16.7. The maximum Gasteiger partial charge on any atom is 0.326 e. The van der Waals surface area contributed by atoms with E-state index in [1.807, 2.05) is 43.0 Å². The average molecular weight is 328 g/mol. The highest BCUT2D eigenvalue weighted by Crippen LogP contribution is 2.31. The molecule has 24 heavy (non-hydrogen) atoms.